The molecule has 12 nitrogen and oxygen atoms in total. The number of benzene rings is 1. The van der Waals surface area contributed by atoms with E-state index in [4.69, 9.17) is 15.2 Å². The first-order chi connectivity index (χ1) is 18.6. The first-order valence-electron chi connectivity index (χ1n) is 13.4. The maximum atomic E-state index is 13.4. The number of anilines is 3. The number of carbonyl (C=O) groups excluding carboxylic acids is 2. The second-order valence-corrected chi connectivity index (χ2v) is 11.0. The molecule has 0 bridgehead atoms. The summed E-state index contributed by atoms with van der Waals surface area (Å²) in [5, 5.41) is 8.41. The van der Waals surface area contributed by atoms with Crippen molar-refractivity contribution in [3.8, 4) is 0 Å². The molecule has 12 heteroatoms. The summed E-state index contributed by atoms with van der Waals surface area (Å²) in [6, 6.07) is 3.96. The van der Waals surface area contributed by atoms with E-state index in [-0.39, 0.29) is 23.7 Å². The summed E-state index contributed by atoms with van der Waals surface area (Å²) in [6.45, 7) is 10.1. The van der Waals surface area contributed by atoms with Gasteiger partial charge < -0.3 is 30.3 Å². The molecular formula is C27H36N8O4. The van der Waals surface area contributed by atoms with Crippen molar-refractivity contribution in [2.75, 3.05) is 48.7 Å². The summed E-state index contributed by atoms with van der Waals surface area (Å²) in [4.78, 5) is 38.0. The van der Waals surface area contributed by atoms with Crippen LogP contribution in [0.1, 0.15) is 62.3 Å². The van der Waals surface area contributed by atoms with Gasteiger partial charge in [-0.25, -0.2) is 19.4 Å². The number of nitrogen functional groups attached to an aromatic ring is 1. The molecule has 0 aliphatic carbocycles. The third-order valence-electron chi connectivity index (χ3n) is 6.96. The van der Waals surface area contributed by atoms with Gasteiger partial charge in [-0.1, -0.05) is 6.07 Å². The number of aromatic nitrogens is 4. The van der Waals surface area contributed by atoms with E-state index in [2.05, 4.69) is 20.4 Å². The standard InChI is InChI=1S/C27H36N8O4/c1-17-8-9-19-18(15-31-35(19)20-7-5-6-14-38-20)22(17)32-25(36)23-21(28)24(30-16-29-23)33-10-12-34(13-11-33)26(37)39-27(2,3)4/h8-9,15-16,20H,5-7,10-14,28H2,1-4H3,(H,32,36). The Hall–Kier alpha value is -3.93. The van der Waals surface area contributed by atoms with Crippen LogP contribution in [0.3, 0.4) is 0 Å². The number of fused-ring (bicyclic) bond motifs is 1. The van der Waals surface area contributed by atoms with E-state index in [0.717, 1.165) is 35.7 Å². The maximum Gasteiger partial charge on any atom is 0.410 e. The van der Waals surface area contributed by atoms with Crippen LogP contribution in [0.2, 0.25) is 0 Å². The highest BCUT2D eigenvalue weighted by atomic mass is 16.6. The molecule has 208 valence electrons. The van der Waals surface area contributed by atoms with Crippen LogP contribution in [0, 0.1) is 6.92 Å². The minimum atomic E-state index is -0.557. The number of nitrogens with one attached hydrogen (secondary N) is 1. The Morgan fingerprint density at radius 2 is 1.90 bits per heavy atom. The lowest BCUT2D eigenvalue weighted by atomic mass is 10.1. The van der Waals surface area contributed by atoms with Gasteiger partial charge in [0, 0.05) is 38.2 Å². The number of ether oxygens (including phenoxy) is 2. The molecule has 2 fully saturated rings. The van der Waals surface area contributed by atoms with Gasteiger partial charge >= 0.3 is 6.09 Å². The smallest absolute Gasteiger partial charge is 0.410 e. The van der Waals surface area contributed by atoms with Crippen LogP contribution in [0.15, 0.2) is 24.7 Å². The minimum absolute atomic E-state index is 0.0916. The molecule has 2 aliphatic heterocycles. The van der Waals surface area contributed by atoms with Gasteiger partial charge in [0.2, 0.25) is 0 Å². The van der Waals surface area contributed by atoms with E-state index in [1.807, 2.05) is 49.4 Å². The highest BCUT2D eigenvalue weighted by Gasteiger charge is 2.28. The largest absolute Gasteiger partial charge is 0.444 e. The number of amides is 2. The zero-order valence-electron chi connectivity index (χ0n) is 22.9. The first kappa shape index (κ1) is 26.7. The molecule has 1 atom stereocenters. The fourth-order valence-electron chi connectivity index (χ4n) is 4.96. The zero-order chi connectivity index (χ0) is 27.7. The van der Waals surface area contributed by atoms with Crippen LogP contribution in [0.5, 0.6) is 0 Å². The summed E-state index contributed by atoms with van der Waals surface area (Å²) in [7, 11) is 0. The third-order valence-corrected chi connectivity index (χ3v) is 6.96. The third kappa shape index (κ3) is 5.60. The predicted octanol–water partition coefficient (Wildman–Crippen LogP) is 3.73. The number of piperazine rings is 1. The van der Waals surface area contributed by atoms with E-state index in [0.29, 0.717) is 44.3 Å². The second kappa shape index (κ2) is 10.7. The second-order valence-electron chi connectivity index (χ2n) is 11.0. The summed E-state index contributed by atoms with van der Waals surface area (Å²) in [6.07, 6.45) is 5.68. The summed E-state index contributed by atoms with van der Waals surface area (Å²) >= 11 is 0. The van der Waals surface area contributed by atoms with Crippen molar-refractivity contribution in [2.45, 2.75) is 58.8 Å². The Kier molecular flexibility index (Phi) is 7.30. The highest BCUT2D eigenvalue weighted by molar-refractivity contribution is 6.11. The number of carbonyl (C=O) groups is 2. The van der Waals surface area contributed by atoms with Crippen molar-refractivity contribution in [1.29, 1.82) is 0 Å². The monoisotopic (exact) mass is 536 g/mol. The topological polar surface area (TPSA) is 141 Å². The lowest BCUT2D eigenvalue weighted by Crippen LogP contribution is -2.50. The van der Waals surface area contributed by atoms with Crippen LogP contribution in [0.25, 0.3) is 10.9 Å². The maximum absolute atomic E-state index is 13.4. The van der Waals surface area contributed by atoms with E-state index >= 15 is 0 Å². The SMILES string of the molecule is Cc1ccc2c(cnn2C2CCCCO2)c1NC(=O)c1ncnc(N2CCN(C(=O)OC(C)(C)C)CC2)c1N. The fourth-order valence-corrected chi connectivity index (χ4v) is 4.96. The lowest BCUT2D eigenvalue weighted by Gasteiger charge is -2.36. The van der Waals surface area contributed by atoms with Crippen molar-refractivity contribution >= 4 is 40.1 Å². The Morgan fingerprint density at radius 1 is 1.13 bits per heavy atom. The predicted molar refractivity (Wildman–Crippen MR) is 148 cm³/mol. The normalized spacial score (nSPS) is 18.3. The van der Waals surface area contributed by atoms with Gasteiger partial charge in [-0.2, -0.15) is 5.10 Å². The van der Waals surface area contributed by atoms with E-state index in [1.54, 1.807) is 11.1 Å². The molecule has 0 radical (unpaired) electrons. The molecule has 3 aromatic rings. The molecule has 2 aliphatic rings. The average molecular weight is 537 g/mol. The molecule has 2 amide bonds. The van der Waals surface area contributed by atoms with Crippen LogP contribution < -0.4 is 16.0 Å². The average Bonchev–Trinajstić information content (AvgIpc) is 3.34. The fraction of sp³-hybridized carbons (Fsp3) is 0.519. The van der Waals surface area contributed by atoms with E-state index in [9.17, 15) is 9.59 Å². The number of hydrogen-bond acceptors (Lipinski definition) is 9. The Labute approximate surface area is 227 Å². The first-order valence-corrected chi connectivity index (χ1v) is 13.4. The Balaban J connectivity index is 1.32. The zero-order valence-corrected chi connectivity index (χ0v) is 22.9. The van der Waals surface area contributed by atoms with Crippen molar-refractivity contribution in [3.63, 3.8) is 0 Å². The van der Waals surface area contributed by atoms with E-state index in [1.165, 1.54) is 6.33 Å². The van der Waals surface area contributed by atoms with Gasteiger partial charge in [0.15, 0.2) is 17.7 Å². The van der Waals surface area contributed by atoms with Crippen molar-refractivity contribution in [1.82, 2.24) is 24.6 Å². The van der Waals surface area contributed by atoms with Crippen molar-refractivity contribution < 1.29 is 19.1 Å². The van der Waals surface area contributed by atoms with Gasteiger partial charge in [-0.05, 0) is 58.6 Å². The van der Waals surface area contributed by atoms with Crippen LogP contribution in [-0.4, -0.2) is 75.0 Å². The number of hydrogen-bond donors (Lipinski definition) is 2. The molecule has 39 heavy (non-hydrogen) atoms. The van der Waals surface area contributed by atoms with Gasteiger partial charge in [0.05, 0.1) is 17.4 Å². The van der Waals surface area contributed by atoms with Gasteiger partial charge in [0.25, 0.3) is 5.91 Å². The Bertz CT molecular complexity index is 1370. The van der Waals surface area contributed by atoms with Crippen molar-refractivity contribution in [2.24, 2.45) is 0 Å². The quantitative estimate of drug-likeness (QED) is 0.510. The molecular weight excluding hydrogens is 500 g/mol. The number of aryl methyl sites for hydroxylation is 1. The number of nitrogens with zero attached hydrogens (tertiary/aromatic N) is 6. The molecule has 0 spiro atoms. The molecule has 3 N–H and O–H groups in total. The molecule has 2 saturated heterocycles. The minimum Gasteiger partial charge on any atom is -0.444 e. The lowest BCUT2D eigenvalue weighted by molar-refractivity contribution is -0.0366. The molecule has 4 heterocycles. The Morgan fingerprint density at radius 3 is 2.59 bits per heavy atom. The van der Waals surface area contributed by atoms with Crippen LogP contribution in [-0.2, 0) is 9.47 Å². The van der Waals surface area contributed by atoms with Gasteiger partial charge in [-0.15, -0.1) is 0 Å². The van der Waals surface area contributed by atoms with Crippen LogP contribution in [0.4, 0.5) is 22.0 Å². The number of nitrogens with two attached hydrogens (primary N) is 1. The molecule has 5 rings (SSSR count). The highest BCUT2D eigenvalue weighted by Crippen LogP contribution is 2.32. The van der Waals surface area contributed by atoms with Gasteiger partial charge in [-0.3, -0.25) is 4.79 Å². The summed E-state index contributed by atoms with van der Waals surface area (Å²) in [5.41, 5.74) is 8.60. The summed E-state index contributed by atoms with van der Waals surface area (Å²) in [5.74, 6) is 0.0389. The molecule has 1 aromatic carbocycles. The van der Waals surface area contributed by atoms with Crippen LogP contribution >= 0.6 is 0 Å². The molecule has 1 unspecified atom stereocenters. The summed E-state index contributed by atoms with van der Waals surface area (Å²) < 4.78 is 13.3. The van der Waals surface area contributed by atoms with E-state index < -0.39 is 11.5 Å². The number of rotatable bonds is 4. The van der Waals surface area contributed by atoms with Crippen molar-refractivity contribution in [3.05, 3.63) is 35.9 Å². The molecule has 0 saturated carbocycles. The molecule has 2 aromatic heterocycles. The van der Waals surface area contributed by atoms with Gasteiger partial charge in [0.1, 0.15) is 17.6 Å².